The second-order valence-electron chi connectivity index (χ2n) is 5.58. The minimum atomic E-state index is 0. The van der Waals surface area contributed by atoms with Crippen molar-refractivity contribution in [1.29, 1.82) is 0 Å². The van der Waals surface area contributed by atoms with Gasteiger partial charge in [0.05, 0.1) is 24.2 Å². The van der Waals surface area contributed by atoms with Gasteiger partial charge in [0, 0.05) is 169 Å². The normalized spacial score (nSPS) is 2.88. The summed E-state index contributed by atoms with van der Waals surface area (Å²) in [6, 6.07) is 2.33. The van der Waals surface area contributed by atoms with Crippen LogP contribution < -0.4 is 22.9 Å². The molecular formula is C12H40Mo8N4O26-48. The molecule has 0 unspecified atom stereocenters. The molecule has 30 nitrogen and oxygen atoms in total. The van der Waals surface area contributed by atoms with Gasteiger partial charge < -0.3 is 165 Å². The topological polar surface area (TPSA) is 852 Å². The molecule has 50 heavy (non-hydrogen) atoms. The van der Waals surface area contributed by atoms with Gasteiger partial charge in [-0.05, 0) is 55.4 Å². The Balaban J connectivity index is -0.000000000870. The molecule has 0 fully saturated rings. The summed E-state index contributed by atoms with van der Waals surface area (Å²) in [4.78, 5) is 0. The largest absolute Gasteiger partial charge is 2.00 e. The molecule has 0 atom stereocenters. The maximum Gasteiger partial charge on any atom is 0.0786 e. The standard InChI is InChI=1S/4C3H9N.8Mo.26O/c4*1-3(2)4;;;;;;;;;;;;;;;;;;;;;;;;;;;;;;;;;;/h4*3H,4H2,1-2H3;;;;;;;;;;;;;;;;;;;;;;;;;;;;;;;;;;/q;;;;;;;;;;;;26*-2/p+4. The van der Waals surface area contributed by atoms with Crippen LogP contribution in [0.1, 0.15) is 55.4 Å². The fourth-order valence-corrected chi connectivity index (χ4v) is 0. The van der Waals surface area contributed by atoms with E-state index in [0.717, 1.165) is 0 Å². The predicted molar refractivity (Wildman–Crippen MR) is 89.9 cm³/mol. The molecule has 12 N–H and O–H groups in total. The maximum atomic E-state index is 3.64. The molecule has 0 aliphatic heterocycles. The Morgan fingerprint density at radius 2 is 0.160 bits per heavy atom. The van der Waals surface area contributed by atoms with Crippen LogP contribution in [0, 0.1) is 0 Å². The van der Waals surface area contributed by atoms with Crippen LogP contribution in [0.4, 0.5) is 0 Å². The van der Waals surface area contributed by atoms with Gasteiger partial charge >= 0.3 is 0 Å². The third-order valence-electron chi connectivity index (χ3n) is 0. The number of hydrogen-bond donors (Lipinski definition) is 4. The Labute approximate surface area is 409 Å². The zero-order chi connectivity index (χ0) is 14.3. The van der Waals surface area contributed by atoms with E-state index in [4.69, 9.17) is 0 Å². The molecular weight excluding hydrogens is 1380 g/mol. The van der Waals surface area contributed by atoms with Crippen LogP contribution in [0.3, 0.4) is 0 Å². The second kappa shape index (κ2) is 548. The first-order valence-electron chi connectivity index (χ1n) is 6.25. The van der Waals surface area contributed by atoms with Gasteiger partial charge in [-0.1, -0.05) is 0 Å². The summed E-state index contributed by atoms with van der Waals surface area (Å²) in [5.74, 6) is 0. The van der Waals surface area contributed by atoms with Crippen molar-refractivity contribution in [2.45, 2.75) is 79.6 Å². The first-order chi connectivity index (χ1) is 6.93. The summed E-state index contributed by atoms with van der Waals surface area (Å²) >= 11 is 0. The van der Waals surface area contributed by atoms with E-state index in [-0.39, 0.29) is 311 Å². The molecule has 0 aliphatic rings. The molecule has 0 amide bonds. The van der Waals surface area contributed by atoms with Gasteiger partial charge in [0.25, 0.3) is 0 Å². The average Bonchev–Trinajstić information content (AvgIpc) is 1.76. The monoisotopic (exact) mass is 1440 g/mol. The van der Waals surface area contributed by atoms with Crippen molar-refractivity contribution in [2.75, 3.05) is 0 Å². The molecule has 0 aliphatic carbocycles. The molecule has 0 heterocycles. The summed E-state index contributed by atoms with van der Waals surface area (Å²) in [7, 11) is 0. The molecule has 360 valence electrons. The van der Waals surface area contributed by atoms with Gasteiger partial charge in [-0.25, -0.2) is 0 Å². The Morgan fingerprint density at radius 1 is 0.160 bits per heavy atom. The van der Waals surface area contributed by atoms with Gasteiger partial charge in [0.2, 0.25) is 0 Å². The molecule has 0 bridgehead atoms. The van der Waals surface area contributed by atoms with Crippen LogP contribution >= 0.6 is 0 Å². The minimum absolute atomic E-state index is 0. The van der Waals surface area contributed by atoms with Crippen LogP contribution in [0.25, 0.3) is 0 Å². The van der Waals surface area contributed by atoms with Crippen molar-refractivity contribution in [2.24, 2.45) is 0 Å². The van der Waals surface area contributed by atoms with Crippen molar-refractivity contribution >= 4 is 0 Å². The Kier molecular flexibility index (Phi) is 6370. The van der Waals surface area contributed by atoms with Crippen LogP contribution in [0.2, 0.25) is 0 Å². The third kappa shape index (κ3) is 7420. The molecule has 0 saturated heterocycles. The zero-order valence-electron chi connectivity index (χ0n) is 27.0. The van der Waals surface area contributed by atoms with Gasteiger partial charge in [-0.2, -0.15) is 0 Å². The van der Waals surface area contributed by atoms with Gasteiger partial charge in [-0.15, -0.1) is 0 Å². The first-order valence-corrected chi connectivity index (χ1v) is 6.25. The van der Waals surface area contributed by atoms with Crippen molar-refractivity contribution < 1.29 is 334 Å². The molecule has 0 spiro atoms. The first kappa shape index (κ1) is 580. The van der Waals surface area contributed by atoms with Crippen LogP contribution in [-0.2, 0) is 311 Å². The van der Waals surface area contributed by atoms with E-state index in [1.165, 1.54) is 0 Å². The van der Waals surface area contributed by atoms with Crippen LogP contribution in [0.5, 0.6) is 0 Å². The van der Waals surface area contributed by atoms with E-state index in [1.807, 2.05) is 0 Å². The molecule has 0 saturated carbocycles. The SMILES string of the molecule is CC(C)[NH3+].CC(C)[NH3+].CC(C)[NH3+].CC(C)[NH3+].[Mo].[Mo].[Mo].[Mo].[Mo].[Mo].[Mo].[Mo].[O-2].[O-2].[O-2].[O-2].[O-2].[O-2].[O-2].[O-2].[O-2].[O-2].[O-2].[O-2].[O-2].[O-2].[O-2].[O-2].[O-2].[O-2].[O-2].[O-2].[O-2].[O-2].[O-2].[O-2].[O-2].[O-2]. The molecule has 0 aromatic heterocycles. The van der Waals surface area contributed by atoms with Gasteiger partial charge in [0.1, 0.15) is 0 Å². The summed E-state index contributed by atoms with van der Waals surface area (Å²) in [5.41, 5.74) is 14.6. The van der Waals surface area contributed by atoms with Crippen molar-refractivity contribution in [1.82, 2.24) is 0 Å². The number of hydrogen-bond acceptors (Lipinski definition) is 0. The molecule has 38 heteroatoms. The summed E-state index contributed by atoms with van der Waals surface area (Å²) < 4.78 is 0. The molecule has 0 aromatic carbocycles. The second-order valence-corrected chi connectivity index (χ2v) is 5.58. The smallest absolute Gasteiger partial charge is 0.0786 e. The Morgan fingerprint density at radius 3 is 0.160 bits per heavy atom. The minimum Gasteiger partial charge on any atom is -2.00 e. The molecule has 0 rings (SSSR count). The van der Waals surface area contributed by atoms with Crippen LogP contribution in [0.15, 0.2) is 0 Å². The van der Waals surface area contributed by atoms with E-state index in [2.05, 4.69) is 78.3 Å². The van der Waals surface area contributed by atoms with Crippen molar-refractivity contribution in [3.63, 3.8) is 0 Å². The average molecular weight is 1420 g/mol. The summed E-state index contributed by atoms with van der Waals surface area (Å²) in [6.45, 7) is 16.4. The van der Waals surface area contributed by atoms with Crippen LogP contribution in [-0.4, -0.2) is 24.2 Å². The predicted octanol–water partition coefficient (Wildman–Crippen LogP) is -4.56. The van der Waals surface area contributed by atoms with E-state index >= 15 is 0 Å². The van der Waals surface area contributed by atoms with E-state index < -0.39 is 0 Å². The molecule has 0 aromatic rings. The Hall–Kier alpha value is 4.31. The van der Waals surface area contributed by atoms with E-state index in [0.29, 0.717) is 24.2 Å². The summed E-state index contributed by atoms with van der Waals surface area (Å²) in [6.07, 6.45) is 0. The fraction of sp³-hybridized carbons (Fsp3) is 1.00. The van der Waals surface area contributed by atoms with E-state index in [9.17, 15) is 0 Å². The number of quaternary nitrogens is 4. The molecule has 0 radical (unpaired) electrons. The fourth-order valence-electron chi connectivity index (χ4n) is 0. The van der Waals surface area contributed by atoms with Crippen molar-refractivity contribution in [3.8, 4) is 0 Å². The van der Waals surface area contributed by atoms with Gasteiger partial charge in [-0.3, -0.25) is 0 Å². The van der Waals surface area contributed by atoms with Gasteiger partial charge in [0.15, 0.2) is 0 Å². The summed E-state index contributed by atoms with van der Waals surface area (Å²) in [5, 5.41) is 0. The van der Waals surface area contributed by atoms with Crippen molar-refractivity contribution in [3.05, 3.63) is 0 Å². The zero-order valence-corrected chi connectivity index (χ0v) is 43.1. The van der Waals surface area contributed by atoms with E-state index in [1.54, 1.807) is 0 Å². The quantitative estimate of drug-likeness (QED) is 0.167. The Bertz CT molecular complexity index is 128. The third-order valence-corrected chi connectivity index (χ3v) is 0. The maximum absolute atomic E-state index is 3.64. The number of rotatable bonds is 0.